The van der Waals surface area contributed by atoms with Crippen molar-refractivity contribution in [3.63, 3.8) is 0 Å². The van der Waals surface area contributed by atoms with Crippen LogP contribution in [0.15, 0.2) is 23.1 Å². The summed E-state index contributed by atoms with van der Waals surface area (Å²) in [5.74, 6) is -1.08. The molecule has 0 spiro atoms. The number of aryl methyl sites for hydroxylation is 2. The van der Waals surface area contributed by atoms with Gasteiger partial charge in [0.05, 0.1) is 28.5 Å². The van der Waals surface area contributed by atoms with Gasteiger partial charge in [-0.25, -0.2) is 4.79 Å². The molecular weight excluding hydrogens is 270 g/mol. The topological polar surface area (TPSA) is 77.1 Å². The Morgan fingerprint density at radius 2 is 2.16 bits per heavy atom. The lowest BCUT2D eigenvalue weighted by Gasteiger charge is -2.07. The molecule has 0 saturated heterocycles. The van der Waals surface area contributed by atoms with Crippen LogP contribution in [0.25, 0.3) is 0 Å². The molecule has 0 aliphatic rings. The number of carboxylic acid groups (broad SMARTS) is 1. The smallest absolute Gasteiger partial charge is 0.337 e. The average molecular weight is 282 g/mol. The lowest BCUT2D eigenvalue weighted by atomic mass is 10.3. The number of nitrogens with zero attached hydrogens (tertiary/aromatic N) is 3. The van der Waals surface area contributed by atoms with E-state index in [1.807, 2.05) is 0 Å². The molecule has 0 unspecified atom stereocenters. The zero-order valence-corrected chi connectivity index (χ0v) is 11.2. The van der Waals surface area contributed by atoms with E-state index in [2.05, 4.69) is 5.10 Å². The number of carbonyl (C=O) groups is 1. The van der Waals surface area contributed by atoms with E-state index in [1.54, 1.807) is 18.7 Å². The summed E-state index contributed by atoms with van der Waals surface area (Å²) >= 11 is 6.10. The van der Waals surface area contributed by atoms with Gasteiger partial charge in [0.15, 0.2) is 0 Å². The van der Waals surface area contributed by atoms with E-state index in [-0.39, 0.29) is 17.7 Å². The van der Waals surface area contributed by atoms with E-state index >= 15 is 0 Å². The molecule has 0 aliphatic carbocycles. The lowest BCUT2D eigenvalue weighted by molar-refractivity contribution is 0.0696. The van der Waals surface area contributed by atoms with Crippen molar-refractivity contribution < 1.29 is 9.90 Å². The van der Waals surface area contributed by atoms with Crippen molar-refractivity contribution in [1.82, 2.24) is 14.3 Å². The molecule has 0 fully saturated rings. The minimum absolute atomic E-state index is 0.0506. The number of carboxylic acids is 1. The van der Waals surface area contributed by atoms with Crippen molar-refractivity contribution in [3.05, 3.63) is 50.7 Å². The van der Waals surface area contributed by atoms with Gasteiger partial charge in [-0.1, -0.05) is 11.6 Å². The maximum atomic E-state index is 11.7. The van der Waals surface area contributed by atoms with E-state index in [4.69, 9.17) is 16.7 Å². The first kappa shape index (κ1) is 13.4. The van der Waals surface area contributed by atoms with Crippen molar-refractivity contribution in [3.8, 4) is 0 Å². The van der Waals surface area contributed by atoms with E-state index in [0.717, 1.165) is 0 Å². The van der Waals surface area contributed by atoms with Crippen LogP contribution in [0, 0.1) is 6.92 Å². The fourth-order valence-electron chi connectivity index (χ4n) is 1.79. The Morgan fingerprint density at radius 1 is 1.47 bits per heavy atom. The molecule has 0 atom stereocenters. The molecule has 2 aromatic heterocycles. The molecule has 2 heterocycles. The van der Waals surface area contributed by atoms with Crippen molar-refractivity contribution in [1.29, 1.82) is 0 Å². The molecule has 6 nitrogen and oxygen atoms in total. The molecule has 19 heavy (non-hydrogen) atoms. The number of aromatic nitrogens is 3. The third-order valence-corrected chi connectivity index (χ3v) is 3.30. The number of hydrogen-bond acceptors (Lipinski definition) is 3. The fourth-order valence-corrected chi connectivity index (χ4v) is 2.01. The minimum atomic E-state index is -1.08. The second-order valence-electron chi connectivity index (χ2n) is 4.16. The highest BCUT2D eigenvalue weighted by Gasteiger charge is 2.13. The predicted molar refractivity (Wildman–Crippen MR) is 69.7 cm³/mol. The summed E-state index contributed by atoms with van der Waals surface area (Å²) in [6, 6.07) is 2.50. The molecule has 0 radical (unpaired) electrons. The van der Waals surface area contributed by atoms with Gasteiger partial charge >= 0.3 is 5.97 Å². The van der Waals surface area contributed by atoms with Crippen LogP contribution in [0.5, 0.6) is 0 Å². The molecule has 0 aromatic carbocycles. The predicted octanol–water partition coefficient (Wildman–Crippen LogP) is 1.29. The molecule has 0 bridgehead atoms. The lowest BCUT2D eigenvalue weighted by Crippen LogP contribution is -2.22. The molecular formula is C12H12ClN3O3. The Morgan fingerprint density at radius 3 is 2.68 bits per heavy atom. The monoisotopic (exact) mass is 281 g/mol. The van der Waals surface area contributed by atoms with E-state index < -0.39 is 5.97 Å². The van der Waals surface area contributed by atoms with Crippen LogP contribution in [0.2, 0.25) is 5.02 Å². The van der Waals surface area contributed by atoms with Crippen LogP contribution >= 0.6 is 11.6 Å². The van der Waals surface area contributed by atoms with Gasteiger partial charge in [-0.15, -0.1) is 0 Å². The Labute approximate surface area is 113 Å². The van der Waals surface area contributed by atoms with Crippen LogP contribution in [-0.2, 0) is 13.6 Å². The molecule has 0 saturated carbocycles. The molecule has 100 valence electrons. The van der Waals surface area contributed by atoms with Gasteiger partial charge in [-0.3, -0.25) is 9.48 Å². The summed E-state index contributed by atoms with van der Waals surface area (Å²) in [5, 5.41) is 13.5. The summed E-state index contributed by atoms with van der Waals surface area (Å²) < 4.78 is 2.88. The maximum Gasteiger partial charge on any atom is 0.337 e. The van der Waals surface area contributed by atoms with Gasteiger partial charge in [0.1, 0.15) is 0 Å². The van der Waals surface area contributed by atoms with Crippen molar-refractivity contribution in [2.75, 3.05) is 0 Å². The largest absolute Gasteiger partial charge is 0.478 e. The Hall–Kier alpha value is -2.08. The van der Waals surface area contributed by atoms with E-state index in [0.29, 0.717) is 16.4 Å². The van der Waals surface area contributed by atoms with Crippen LogP contribution in [0.1, 0.15) is 21.7 Å². The first-order chi connectivity index (χ1) is 8.90. The first-order valence-electron chi connectivity index (χ1n) is 5.52. The van der Waals surface area contributed by atoms with Crippen LogP contribution in [0.4, 0.5) is 0 Å². The molecule has 2 rings (SSSR count). The highest BCUT2D eigenvalue weighted by molar-refractivity contribution is 6.31. The Balaban J connectivity index is 2.46. The summed E-state index contributed by atoms with van der Waals surface area (Å²) in [6.07, 6.45) is 1.29. The molecule has 0 amide bonds. The standard InChI is InChI=1S/C12H12ClN3O3/c1-7-11(13)9(15(2)14-7)6-16-5-8(12(18)19)3-4-10(16)17/h3-5H,6H2,1-2H3,(H,18,19). The highest BCUT2D eigenvalue weighted by Crippen LogP contribution is 2.19. The van der Waals surface area contributed by atoms with Gasteiger partial charge in [-0.2, -0.15) is 5.10 Å². The van der Waals surface area contributed by atoms with Crippen molar-refractivity contribution >= 4 is 17.6 Å². The second-order valence-corrected chi connectivity index (χ2v) is 4.54. The molecule has 7 heteroatoms. The Kier molecular flexibility index (Phi) is 3.44. The van der Waals surface area contributed by atoms with Gasteiger partial charge < -0.3 is 9.67 Å². The van der Waals surface area contributed by atoms with Crippen LogP contribution in [0.3, 0.4) is 0 Å². The average Bonchev–Trinajstić information content (AvgIpc) is 2.58. The minimum Gasteiger partial charge on any atom is -0.478 e. The quantitative estimate of drug-likeness (QED) is 0.920. The number of aromatic carboxylic acids is 1. The number of rotatable bonds is 3. The summed E-state index contributed by atoms with van der Waals surface area (Å²) in [4.78, 5) is 22.6. The molecule has 0 aliphatic heterocycles. The van der Waals surface area contributed by atoms with Crippen molar-refractivity contribution in [2.45, 2.75) is 13.5 Å². The van der Waals surface area contributed by atoms with Crippen molar-refractivity contribution in [2.24, 2.45) is 7.05 Å². The van der Waals surface area contributed by atoms with Gasteiger partial charge in [-0.05, 0) is 13.0 Å². The summed E-state index contributed by atoms with van der Waals surface area (Å²) in [5.41, 5.74) is 1.08. The van der Waals surface area contributed by atoms with Gasteiger partial charge in [0.25, 0.3) is 5.56 Å². The van der Waals surface area contributed by atoms with Crippen LogP contribution < -0.4 is 5.56 Å². The van der Waals surface area contributed by atoms with E-state index in [1.165, 1.54) is 22.9 Å². The zero-order valence-electron chi connectivity index (χ0n) is 10.4. The third kappa shape index (κ3) is 2.53. The van der Waals surface area contributed by atoms with Crippen LogP contribution in [-0.4, -0.2) is 25.4 Å². The fraction of sp³-hybridized carbons (Fsp3) is 0.250. The van der Waals surface area contributed by atoms with E-state index in [9.17, 15) is 9.59 Å². The van der Waals surface area contributed by atoms with Gasteiger partial charge in [0, 0.05) is 19.3 Å². The molecule has 2 aromatic rings. The summed E-state index contributed by atoms with van der Waals surface area (Å²) in [7, 11) is 1.72. The maximum absolute atomic E-state index is 11.7. The third-order valence-electron chi connectivity index (χ3n) is 2.81. The highest BCUT2D eigenvalue weighted by atomic mass is 35.5. The normalized spacial score (nSPS) is 10.7. The molecule has 1 N–H and O–H groups in total. The SMILES string of the molecule is Cc1nn(C)c(Cn2cc(C(=O)O)ccc2=O)c1Cl. The first-order valence-corrected chi connectivity index (χ1v) is 5.89. The second kappa shape index (κ2) is 4.89. The number of pyridine rings is 1. The number of halogens is 1. The Bertz CT molecular complexity index is 703. The summed E-state index contributed by atoms with van der Waals surface area (Å²) in [6.45, 7) is 1.94. The zero-order chi connectivity index (χ0) is 14.2. The van der Waals surface area contributed by atoms with Gasteiger partial charge in [0.2, 0.25) is 0 Å². The number of hydrogen-bond donors (Lipinski definition) is 1.